The fourth-order valence-corrected chi connectivity index (χ4v) is 9.18. The van der Waals surface area contributed by atoms with Gasteiger partial charge in [-0.1, -0.05) is 34.6 Å². The van der Waals surface area contributed by atoms with Gasteiger partial charge in [-0.2, -0.15) is 0 Å². The third kappa shape index (κ3) is 3.87. The van der Waals surface area contributed by atoms with Crippen LogP contribution in [-0.2, 0) is 28.7 Å². The lowest BCUT2D eigenvalue weighted by Gasteiger charge is -2.61. The summed E-state index contributed by atoms with van der Waals surface area (Å²) >= 11 is 0. The minimum atomic E-state index is -1.79. The predicted octanol–water partition coefficient (Wildman–Crippen LogP) is 2.51. The topological polar surface area (TPSA) is 155 Å². The molecule has 4 aliphatic carbocycles. The monoisotopic (exact) mass is 560 g/mol. The summed E-state index contributed by atoms with van der Waals surface area (Å²) in [6, 6.07) is 0. The number of methoxy groups -OCH3 is 1. The summed E-state index contributed by atoms with van der Waals surface area (Å²) in [6.07, 6.45) is -2.79. The molecule has 9 atom stereocenters. The standard InChI is InChI=1S/C31H44O9/c1-15(26(38)40-8)11-16(32)14-29(5,39)19-13-21(35)31(7)22-17(33)12-18-27(2,3)20(34)9-10-28(18,4)23(22)24(36)25(37)30(19,31)6/h15,17-19,25,33,37,39H,9-14H2,1-8H3/t15-,17+,18+,19-,25+,28+,29+,30+,31+/m1/s1. The summed E-state index contributed by atoms with van der Waals surface area (Å²) < 4.78 is 4.69. The fraction of sp³-hybridized carbons (Fsp3) is 0.774. The van der Waals surface area contributed by atoms with E-state index in [0.717, 1.165) is 0 Å². The molecule has 3 N–H and O–H groups in total. The van der Waals surface area contributed by atoms with Crippen LogP contribution in [0.25, 0.3) is 0 Å². The first-order chi connectivity index (χ1) is 18.2. The smallest absolute Gasteiger partial charge is 0.308 e. The Hall–Kier alpha value is -2.23. The minimum absolute atomic E-state index is 0.0605. The van der Waals surface area contributed by atoms with Crippen LogP contribution in [0.2, 0.25) is 0 Å². The Bertz CT molecular complexity index is 1210. The number of aliphatic hydroxyl groups is 3. The predicted molar refractivity (Wildman–Crippen MR) is 144 cm³/mol. The first-order valence-corrected chi connectivity index (χ1v) is 14.3. The number of ketones is 4. The van der Waals surface area contributed by atoms with Crippen molar-refractivity contribution >= 4 is 29.1 Å². The maximum Gasteiger partial charge on any atom is 0.308 e. The number of ether oxygens (including phenoxy) is 1. The van der Waals surface area contributed by atoms with Gasteiger partial charge in [0, 0.05) is 53.4 Å². The van der Waals surface area contributed by atoms with Gasteiger partial charge >= 0.3 is 5.97 Å². The van der Waals surface area contributed by atoms with Crippen LogP contribution in [0.1, 0.15) is 87.0 Å². The molecule has 0 aromatic heterocycles. The third-order valence-corrected chi connectivity index (χ3v) is 11.7. The lowest BCUT2D eigenvalue weighted by molar-refractivity contribution is -0.167. The van der Waals surface area contributed by atoms with E-state index in [0.29, 0.717) is 12.0 Å². The van der Waals surface area contributed by atoms with Crippen molar-refractivity contribution in [1.29, 1.82) is 0 Å². The van der Waals surface area contributed by atoms with Crippen LogP contribution in [0.5, 0.6) is 0 Å². The van der Waals surface area contributed by atoms with E-state index in [1.165, 1.54) is 14.0 Å². The second-order valence-corrected chi connectivity index (χ2v) is 14.2. The van der Waals surface area contributed by atoms with Crippen molar-refractivity contribution in [2.45, 2.75) is 105 Å². The number of fused-ring (bicyclic) bond motifs is 4. The highest BCUT2D eigenvalue weighted by Gasteiger charge is 2.74. The van der Waals surface area contributed by atoms with Gasteiger partial charge in [0.2, 0.25) is 0 Å². The van der Waals surface area contributed by atoms with Crippen LogP contribution < -0.4 is 0 Å². The molecule has 222 valence electrons. The van der Waals surface area contributed by atoms with Crippen LogP contribution in [0.3, 0.4) is 0 Å². The van der Waals surface area contributed by atoms with Crippen LogP contribution in [0.4, 0.5) is 0 Å². The largest absolute Gasteiger partial charge is 0.469 e. The number of hydrogen-bond acceptors (Lipinski definition) is 9. The Morgan fingerprint density at radius 1 is 1.07 bits per heavy atom. The first-order valence-electron chi connectivity index (χ1n) is 14.3. The van der Waals surface area contributed by atoms with Crippen molar-refractivity contribution in [1.82, 2.24) is 0 Å². The number of aliphatic hydroxyl groups excluding tert-OH is 2. The lowest BCUT2D eigenvalue weighted by atomic mass is 9.42. The molecular formula is C31H44O9. The molecule has 0 radical (unpaired) electrons. The van der Waals surface area contributed by atoms with E-state index in [2.05, 4.69) is 0 Å². The molecule has 0 heterocycles. The molecule has 9 nitrogen and oxygen atoms in total. The number of hydrogen-bond donors (Lipinski definition) is 3. The van der Waals surface area contributed by atoms with Gasteiger partial charge in [0.15, 0.2) is 5.78 Å². The molecule has 0 amide bonds. The Balaban J connectivity index is 1.81. The highest BCUT2D eigenvalue weighted by molar-refractivity contribution is 6.08. The molecule has 0 bridgehead atoms. The van der Waals surface area contributed by atoms with E-state index >= 15 is 0 Å². The summed E-state index contributed by atoms with van der Waals surface area (Å²) in [7, 11) is 1.23. The summed E-state index contributed by atoms with van der Waals surface area (Å²) in [4.78, 5) is 65.8. The van der Waals surface area contributed by atoms with Gasteiger partial charge in [-0.05, 0) is 38.2 Å². The van der Waals surface area contributed by atoms with Gasteiger partial charge in [0.25, 0.3) is 0 Å². The van der Waals surface area contributed by atoms with E-state index in [1.807, 2.05) is 20.8 Å². The van der Waals surface area contributed by atoms with Crippen molar-refractivity contribution < 1.29 is 44.0 Å². The van der Waals surface area contributed by atoms with Gasteiger partial charge in [0.05, 0.1) is 30.1 Å². The third-order valence-electron chi connectivity index (χ3n) is 11.7. The molecule has 4 rings (SSSR count). The molecule has 0 spiro atoms. The van der Waals surface area contributed by atoms with Gasteiger partial charge in [-0.15, -0.1) is 0 Å². The molecule has 2 saturated carbocycles. The maximum absolute atomic E-state index is 14.2. The molecule has 40 heavy (non-hydrogen) atoms. The van der Waals surface area contributed by atoms with E-state index in [9.17, 15) is 39.3 Å². The average Bonchev–Trinajstić information content (AvgIpc) is 3.08. The molecule has 0 aromatic rings. The van der Waals surface area contributed by atoms with Crippen LogP contribution >= 0.6 is 0 Å². The molecule has 0 saturated heterocycles. The quantitative estimate of drug-likeness (QED) is 0.416. The van der Waals surface area contributed by atoms with Crippen molar-refractivity contribution in [3.63, 3.8) is 0 Å². The Morgan fingerprint density at radius 2 is 1.68 bits per heavy atom. The van der Waals surface area contributed by atoms with Crippen LogP contribution in [0.15, 0.2) is 11.1 Å². The lowest BCUT2D eigenvalue weighted by Crippen LogP contribution is -2.65. The number of carbonyl (C=O) groups is 5. The van der Waals surface area contributed by atoms with Crippen molar-refractivity contribution in [2.24, 2.45) is 39.4 Å². The van der Waals surface area contributed by atoms with E-state index in [-0.39, 0.29) is 55.2 Å². The van der Waals surface area contributed by atoms with Gasteiger partial charge < -0.3 is 20.1 Å². The van der Waals surface area contributed by atoms with Gasteiger partial charge in [-0.25, -0.2) is 0 Å². The van der Waals surface area contributed by atoms with E-state index in [1.54, 1.807) is 20.8 Å². The molecule has 4 aliphatic rings. The summed E-state index contributed by atoms with van der Waals surface area (Å²) in [5, 5.41) is 35.1. The Morgan fingerprint density at radius 3 is 2.25 bits per heavy atom. The fourth-order valence-electron chi connectivity index (χ4n) is 9.18. The highest BCUT2D eigenvalue weighted by Crippen LogP contribution is 2.70. The zero-order chi connectivity index (χ0) is 30.4. The second-order valence-electron chi connectivity index (χ2n) is 14.2. The summed E-state index contributed by atoms with van der Waals surface area (Å²) in [5.74, 6) is -3.87. The Kier molecular flexibility index (Phi) is 7.21. The van der Waals surface area contributed by atoms with Gasteiger partial charge in [-0.3, -0.25) is 24.0 Å². The molecule has 9 heteroatoms. The zero-order valence-corrected chi connectivity index (χ0v) is 24.9. The van der Waals surface area contributed by atoms with E-state index in [4.69, 9.17) is 4.74 Å². The molecule has 0 unspecified atom stereocenters. The normalized spacial score (nSPS) is 41.0. The minimum Gasteiger partial charge on any atom is -0.469 e. The van der Waals surface area contributed by atoms with E-state index < -0.39 is 68.8 Å². The second kappa shape index (κ2) is 9.39. The zero-order valence-electron chi connectivity index (χ0n) is 24.9. The van der Waals surface area contributed by atoms with Crippen molar-refractivity contribution in [3.05, 3.63) is 11.1 Å². The first kappa shape index (κ1) is 30.7. The number of carbonyl (C=O) groups excluding carboxylic acids is 5. The van der Waals surface area contributed by atoms with Crippen LogP contribution in [0, 0.1) is 39.4 Å². The number of esters is 1. The molecule has 2 fully saturated rings. The molecular weight excluding hydrogens is 516 g/mol. The number of rotatable bonds is 6. The van der Waals surface area contributed by atoms with Crippen LogP contribution in [-0.4, -0.2) is 69.3 Å². The summed E-state index contributed by atoms with van der Waals surface area (Å²) in [5.41, 5.74) is -5.86. The van der Waals surface area contributed by atoms with Gasteiger partial charge in [0.1, 0.15) is 23.5 Å². The maximum atomic E-state index is 14.2. The molecule has 0 aliphatic heterocycles. The number of Topliss-reactive ketones (excluding diaryl/α,β-unsaturated/α-hetero) is 4. The molecule has 0 aromatic carbocycles. The summed E-state index contributed by atoms with van der Waals surface area (Å²) in [6.45, 7) is 11.8. The SMILES string of the molecule is COC(=O)[C@H](C)CC(=O)C[C@](C)(O)[C@H]1CC(=O)[C@@]2(C)C3=C(C(=O)[C@H](O)[C@]12C)[C@@]1(C)CCC(=O)C(C)(C)[C@@H]1C[C@@H]3O. The van der Waals surface area contributed by atoms with Crippen molar-refractivity contribution in [3.8, 4) is 0 Å². The van der Waals surface area contributed by atoms with Crippen molar-refractivity contribution in [2.75, 3.05) is 7.11 Å². The Labute approximate surface area is 235 Å². The highest BCUT2D eigenvalue weighted by atomic mass is 16.5. The average molecular weight is 561 g/mol.